The lowest BCUT2D eigenvalue weighted by molar-refractivity contribution is 0.102. The summed E-state index contributed by atoms with van der Waals surface area (Å²) >= 11 is 0. The highest BCUT2D eigenvalue weighted by Gasteiger charge is 2.23. The lowest BCUT2D eigenvalue weighted by Crippen LogP contribution is -2.18. The zero-order valence-corrected chi connectivity index (χ0v) is 13.5. The molecule has 0 N–H and O–H groups in total. The molecule has 0 aromatic heterocycles. The third-order valence-corrected chi connectivity index (χ3v) is 4.73. The average Bonchev–Trinajstić information content (AvgIpc) is 2.54. The molecule has 1 aliphatic carbocycles. The van der Waals surface area contributed by atoms with E-state index in [0.29, 0.717) is 6.61 Å². The summed E-state index contributed by atoms with van der Waals surface area (Å²) in [5.41, 5.74) is 3.21. The van der Waals surface area contributed by atoms with Gasteiger partial charge in [0.05, 0.1) is 6.61 Å². The highest BCUT2D eigenvalue weighted by molar-refractivity contribution is 5.31. The van der Waals surface area contributed by atoms with Crippen LogP contribution in [0.5, 0.6) is 0 Å². The highest BCUT2D eigenvalue weighted by atomic mass is 16.5. The van der Waals surface area contributed by atoms with Crippen LogP contribution < -0.4 is 0 Å². The van der Waals surface area contributed by atoms with Crippen molar-refractivity contribution in [3.05, 3.63) is 48.0 Å². The molecule has 2 rings (SSSR count). The predicted octanol–water partition coefficient (Wildman–Crippen LogP) is 5.51. The largest absolute Gasteiger partial charge is 0.377 e. The number of benzene rings is 1. The Morgan fingerprint density at radius 2 is 1.95 bits per heavy atom. The normalized spacial score (nSPS) is 22.1. The number of ether oxygens (including phenoxy) is 1. The molecule has 0 bridgehead atoms. The Morgan fingerprint density at radius 3 is 2.67 bits per heavy atom. The van der Waals surface area contributed by atoms with E-state index in [1.165, 1.54) is 44.9 Å². The smallest absolute Gasteiger partial charge is 0.0644 e. The van der Waals surface area contributed by atoms with Crippen molar-refractivity contribution in [1.82, 2.24) is 0 Å². The summed E-state index contributed by atoms with van der Waals surface area (Å²) in [6, 6.07) is 9.11. The van der Waals surface area contributed by atoms with E-state index in [4.69, 9.17) is 4.74 Å². The summed E-state index contributed by atoms with van der Waals surface area (Å²) in [5, 5.41) is 0. The van der Waals surface area contributed by atoms with Crippen LogP contribution in [0.1, 0.15) is 62.5 Å². The lowest BCUT2D eigenvalue weighted by atomic mass is 9.77. The lowest BCUT2D eigenvalue weighted by Gasteiger charge is -2.30. The molecule has 1 fully saturated rings. The molecule has 1 aromatic carbocycles. The van der Waals surface area contributed by atoms with Gasteiger partial charge in [-0.2, -0.15) is 0 Å². The van der Waals surface area contributed by atoms with E-state index in [0.717, 1.165) is 18.4 Å². The molecule has 0 aliphatic heterocycles. The molecule has 0 spiro atoms. The Labute approximate surface area is 130 Å². The SMILES string of the molecule is C=CCOCC1CCC(c2ccccc2CCCC)CC1. The Kier molecular flexibility index (Phi) is 7.02. The van der Waals surface area contributed by atoms with Gasteiger partial charge in [0.15, 0.2) is 0 Å². The fraction of sp³-hybridized carbons (Fsp3) is 0.600. The molecular formula is C20H30O. The van der Waals surface area contributed by atoms with Crippen LogP contribution in [0.2, 0.25) is 0 Å². The van der Waals surface area contributed by atoms with Crippen LogP contribution in [0, 0.1) is 5.92 Å². The first-order chi connectivity index (χ1) is 10.3. The van der Waals surface area contributed by atoms with Crippen molar-refractivity contribution >= 4 is 0 Å². The predicted molar refractivity (Wildman–Crippen MR) is 90.8 cm³/mol. The second-order valence-electron chi connectivity index (χ2n) is 6.35. The van der Waals surface area contributed by atoms with Gasteiger partial charge >= 0.3 is 0 Å². The van der Waals surface area contributed by atoms with Gasteiger partial charge in [0.25, 0.3) is 0 Å². The summed E-state index contributed by atoms with van der Waals surface area (Å²) < 4.78 is 5.62. The molecule has 0 atom stereocenters. The molecule has 0 amide bonds. The Bertz CT molecular complexity index is 416. The molecule has 116 valence electrons. The van der Waals surface area contributed by atoms with E-state index in [9.17, 15) is 0 Å². The van der Waals surface area contributed by atoms with Crippen molar-refractivity contribution < 1.29 is 4.74 Å². The maximum atomic E-state index is 5.62. The Hall–Kier alpha value is -1.08. The van der Waals surface area contributed by atoms with E-state index in [-0.39, 0.29) is 0 Å². The molecule has 0 heterocycles. The van der Waals surface area contributed by atoms with E-state index in [2.05, 4.69) is 37.8 Å². The standard InChI is InChI=1S/C20H30O/c1-3-5-8-18-9-6-7-10-20(18)19-13-11-17(12-14-19)16-21-15-4-2/h4,6-7,9-10,17,19H,2-3,5,8,11-16H2,1H3. The third-order valence-electron chi connectivity index (χ3n) is 4.73. The minimum atomic E-state index is 0.694. The minimum absolute atomic E-state index is 0.694. The van der Waals surface area contributed by atoms with Crippen molar-refractivity contribution in [2.24, 2.45) is 5.92 Å². The fourth-order valence-corrected chi connectivity index (χ4v) is 3.49. The number of hydrogen-bond donors (Lipinski definition) is 0. The number of aryl methyl sites for hydroxylation is 1. The van der Waals surface area contributed by atoms with Crippen LogP contribution in [0.4, 0.5) is 0 Å². The summed E-state index contributed by atoms with van der Waals surface area (Å²) in [7, 11) is 0. The van der Waals surface area contributed by atoms with Gasteiger partial charge in [-0.1, -0.05) is 43.7 Å². The zero-order valence-electron chi connectivity index (χ0n) is 13.5. The van der Waals surface area contributed by atoms with E-state index >= 15 is 0 Å². The molecule has 1 aromatic rings. The van der Waals surface area contributed by atoms with Crippen LogP contribution in [0.15, 0.2) is 36.9 Å². The number of hydrogen-bond acceptors (Lipinski definition) is 1. The molecule has 1 saturated carbocycles. The van der Waals surface area contributed by atoms with Gasteiger partial charge in [0.1, 0.15) is 0 Å². The molecule has 1 aliphatic rings. The van der Waals surface area contributed by atoms with Crippen molar-refractivity contribution in [3.8, 4) is 0 Å². The van der Waals surface area contributed by atoms with Gasteiger partial charge in [-0.25, -0.2) is 0 Å². The number of rotatable bonds is 8. The second kappa shape index (κ2) is 9.04. The van der Waals surface area contributed by atoms with Gasteiger partial charge in [0, 0.05) is 6.61 Å². The van der Waals surface area contributed by atoms with Gasteiger partial charge in [-0.15, -0.1) is 6.58 Å². The van der Waals surface area contributed by atoms with Crippen LogP contribution >= 0.6 is 0 Å². The van der Waals surface area contributed by atoms with E-state index < -0.39 is 0 Å². The fourth-order valence-electron chi connectivity index (χ4n) is 3.49. The van der Waals surface area contributed by atoms with Gasteiger partial charge < -0.3 is 4.74 Å². The van der Waals surface area contributed by atoms with Crippen LogP contribution in [0.25, 0.3) is 0 Å². The minimum Gasteiger partial charge on any atom is -0.377 e. The van der Waals surface area contributed by atoms with Gasteiger partial charge in [0.2, 0.25) is 0 Å². The van der Waals surface area contributed by atoms with Crippen LogP contribution in [-0.2, 0) is 11.2 Å². The third kappa shape index (κ3) is 5.00. The Morgan fingerprint density at radius 1 is 1.19 bits per heavy atom. The first-order valence-electron chi connectivity index (χ1n) is 8.61. The summed E-state index contributed by atoms with van der Waals surface area (Å²) in [5.74, 6) is 1.53. The molecule has 1 nitrogen and oxygen atoms in total. The van der Waals surface area contributed by atoms with Crippen molar-refractivity contribution in [2.45, 2.75) is 57.8 Å². The first kappa shape index (κ1) is 16.3. The molecule has 1 heteroatoms. The molecule has 21 heavy (non-hydrogen) atoms. The number of unbranched alkanes of at least 4 members (excludes halogenated alkanes) is 1. The Balaban J connectivity index is 1.88. The van der Waals surface area contributed by atoms with Crippen molar-refractivity contribution in [2.75, 3.05) is 13.2 Å². The van der Waals surface area contributed by atoms with Crippen molar-refractivity contribution in [1.29, 1.82) is 0 Å². The van der Waals surface area contributed by atoms with Crippen LogP contribution in [-0.4, -0.2) is 13.2 Å². The molecule has 0 radical (unpaired) electrons. The van der Waals surface area contributed by atoms with E-state index in [1.807, 2.05) is 6.08 Å². The maximum Gasteiger partial charge on any atom is 0.0644 e. The first-order valence-corrected chi connectivity index (χ1v) is 8.61. The van der Waals surface area contributed by atoms with Crippen LogP contribution in [0.3, 0.4) is 0 Å². The monoisotopic (exact) mass is 286 g/mol. The van der Waals surface area contributed by atoms with Gasteiger partial charge in [-0.05, 0) is 61.5 Å². The second-order valence-corrected chi connectivity index (χ2v) is 6.35. The zero-order chi connectivity index (χ0) is 14.9. The summed E-state index contributed by atoms with van der Waals surface area (Å²) in [6.07, 6.45) is 10.9. The topological polar surface area (TPSA) is 9.23 Å². The highest BCUT2D eigenvalue weighted by Crippen LogP contribution is 2.37. The maximum absolute atomic E-state index is 5.62. The van der Waals surface area contributed by atoms with Crippen molar-refractivity contribution in [3.63, 3.8) is 0 Å². The quantitative estimate of drug-likeness (QED) is 0.452. The average molecular weight is 286 g/mol. The van der Waals surface area contributed by atoms with E-state index in [1.54, 1.807) is 11.1 Å². The summed E-state index contributed by atoms with van der Waals surface area (Å²) in [4.78, 5) is 0. The summed E-state index contributed by atoms with van der Waals surface area (Å²) in [6.45, 7) is 7.59. The molecular weight excluding hydrogens is 256 g/mol. The molecule has 0 unspecified atom stereocenters. The van der Waals surface area contributed by atoms with Gasteiger partial charge in [-0.3, -0.25) is 0 Å². The molecule has 0 saturated heterocycles.